The SMILES string of the molecule is Cc1cc(Cl)ccc1NC1=C(c2ccccc2)C(=O)N(c2ccc(OCC(C)C)cc2)C1=O. The second-order valence-electron chi connectivity index (χ2n) is 8.34. The van der Waals surface area contributed by atoms with E-state index in [0.717, 1.165) is 5.56 Å². The van der Waals surface area contributed by atoms with Gasteiger partial charge in [0.1, 0.15) is 11.4 Å². The number of hydrogen-bond acceptors (Lipinski definition) is 4. The van der Waals surface area contributed by atoms with E-state index in [4.69, 9.17) is 16.3 Å². The third-order valence-electron chi connectivity index (χ3n) is 5.27. The van der Waals surface area contributed by atoms with E-state index in [-0.39, 0.29) is 11.6 Å². The molecule has 0 atom stereocenters. The molecule has 0 aromatic heterocycles. The van der Waals surface area contributed by atoms with Gasteiger partial charge in [-0.2, -0.15) is 0 Å². The van der Waals surface area contributed by atoms with Crippen LogP contribution in [-0.4, -0.2) is 18.4 Å². The van der Waals surface area contributed by atoms with Crippen LogP contribution in [0.1, 0.15) is 25.0 Å². The van der Waals surface area contributed by atoms with Gasteiger partial charge in [-0.15, -0.1) is 0 Å². The predicted molar refractivity (Wildman–Crippen MR) is 132 cm³/mol. The van der Waals surface area contributed by atoms with Crippen molar-refractivity contribution in [1.29, 1.82) is 0 Å². The van der Waals surface area contributed by atoms with Gasteiger partial charge in [-0.05, 0) is 66.4 Å². The lowest BCUT2D eigenvalue weighted by atomic mass is 10.0. The van der Waals surface area contributed by atoms with Crippen molar-refractivity contribution in [3.63, 3.8) is 0 Å². The summed E-state index contributed by atoms with van der Waals surface area (Å²) in [5.41, 5.74) is 3.30. The molecule has 3 aromatic carbocycles. The van der Waals surface area contributed by atoms with Gasteiger partial charge in [0.2, 0.25) is 0 Å². The molecule has 0 bridgehead atoms. The molecule has 0 unspecified atom stereocenters. The van der Waals surface area contributed by atoms with Gasteiger partial charge in [0.15, 0.2) is 0 Å². The third-order valence-corrected chi connectivity index (χ3v) is 5.51. The van der Waals surface area contributed by atoms with Crippen molar-refractivity contribution in [2.45, 2.75) is 20.8 Å². The maximum absolute atomic E-state index is 13.5. The first-order valence-electron chi connectivity index (χ1n) is 10.8. The fourth-order valence-corrected chi connectivity index (χ4v) is 3.84. The topological polar surface area (TPSA) is 58.6 Å². The Hall–Kier alpha value is -3.57. The van der Waals surface area contributed by atoms with Crippen molar-refractivity contribution >= 4 is 40.4 Å². The van der Waals surface area contributed by atoms with Crippen LogP contribution in [0.4, 0.5) is 11.4 Å². The van der Waals surface area contributed by atoms with E-state index in [1.165, 1.54) is 4.90 Å². The van der Waals surface area contributed by atoms with Crippen LogP contribution in [0.3, 0.4) is 0 Å². The van der Waals surface area contributed by atoms with Gasteiger partial charge in [0.25, 0.3) is 11.8 Å². The summed E-state index contributed by atoms with van der Waals surface area (Å²) in [6.45, 7) is 6.63. The summed E-state index contributed by atoms with van der Waals surface area (Å²) < 4.78 is 5.73. The number of nitrogens with zero attached hydrogens (tertiary/aromatic N) is 1. The highest BCUT2D eigenvalue weighted by Gasteiger charge is 2.40. The van der Waals surface area contributed by atoms with Crippen LogP contribution in [0.2, 0.25) is 5.02 Å². The summed E-state index contributed by atoms with van der Waals surface area (Å²) in [6.07, 6.45) is 0. The first-order chi connectivity index (χ1) is 15.8. The lowest BCUT2D eigenvalue weighted by Gasteiger charge is -2.17. The standard InChI is InChI=1S/C27H25ClN2O3/c1-17(2)16-33-22-12-10-21(11-13-22)30-26(31)24(19-7-5-4-6-8-19)25(27(30)32)29-23-14-9-20(28)15-18(23)3/h4-15,17,29H,16H2,1-3H3. The van der Waals surface area contributed by atoms with Crippen LogP contribution < -0.4 is 15.0 Å². The summed E-state index contributed by atoms with van der Waals surface area (Å²) in [5.74, 6) is 0.298. The lowest BCUT2D eigenvalue weighted by molar-refractivity contribution is -0.120. The second kappa shape index (κ2) is 9.51. The first kappa shape index (κ1) is 22.6. The summed E-state index contributed by atoms with van der Waals surface area (Å²) in [5, 5.41) is 3.80. The molecule has 0 saturated carbocycles. The lowest BCUT2D eigenvalue weighted by Crippen LogP contribution is -2.32. The molecular weight excluding hydrogens is 436 g/mol. The fraction of sp³-hybridized carbons (Fsp3) is 0.185. The molecule has 1 aliphatic heterocycles. The van der Waals surface area contributed by atoms with E-state index in [2.05, 4.69) is 19.2 Å². The van der Waals surface area contributed by atoms with Gasteiger partial charge >= 0.3 is 0 Å². The van der Waals surface area contributed by atoms with Crippen molar-refractivity contribution in [1.82, 2.24) is 0 Å². The molecule has 4 rings (SSSR count). The van der Waals surface area contributed by atoms with E-state index in [1.54, 1.807) is 36.4 Å². The molecule has 168 valence electrons. The van der Waals surface area contributed by atoms with Gasteiger partial charge < -0.3 is 10.1 Å². The number of halogens is 1. The molecule has 3 aromatic rings. The summed E-state index contributed by atoms with van der Waals surface area (Å²) in [7, 11) is 0. The molecule has 0 fully saturated rings. The molecule has 0 spiro atoms. The van der Waals surface area contributed by atoms with Crippen LogP contribution >= 0.6 is 11.6 Å². The average molecular weight is 461 g/mol. The molecule has 1 aliphatic rings. The van der Waals surface area contributed by atoms with Gasteiger partial charge in [0.05, 0.1) is 17.9 Å². The smallest absolute Gasteiger partial charge is 0.282 e. The van der Waals surface area contributed by atoms with Gasteiger partial charge in [-0.25, -0.2) is 4.90 Å². The number of aryl methyl sites for hydroxylation is 1. The minimum Gasteiger partial charge on any atom is -0.493 e. The number of carbonyl (C=O) groups is 2. The minimum atomic E-state index is -0.413. The van der Waals surface area contributed by atoms with Crippen molar-refractivity contribution in [2.75, 3.05) is 16.8 Å². The number of carbonyl (C=O) groups excluding carboxylic acids is 2. The maximum Gasteiger partial charge on any atom is 0.282 e. The Balaban J connectivity index is 1.70. The van der Waals surface area contributed by atoms with E-state index in [0.29, 0.717) is 45.8 Å². The molecule has 2 amide bonds. The van der Waals surface area contributed by atoms with Crippen molar-refractivity contribution < 1.29 is 14.3 Å². The van der Waals surface area contributed by atoms with Crippen LogP contribution in [0.5, 0.6) is 5.75 Å². The largest absolute Gasteiger partial charge is 0.493 e. The van der Waals surface area contributed by atoms with E-state index >= 15 is 0 Å². The van der Waals surface area contributed by atoms with Crippen molar-refractivity contribution in [3.05, 3.63) is 94.6 Å². The molecule has 1 N–H and O–H groups in total. The molecule has 0 aliphatic carbocycles. The third kappa shape index (κ3) is 4.78. The Labute approximate surface area is 198 Å². The molecule has 0 saturated heterocycles. The number of anilines is 2. The molecular formula is C27H25ClN2O3. The molecule has 5 nitrogen and oxygen atoms in total. The van der Waals surface area contributed by atoms with Crippen LogP contribution in [-0.2, 0) is 9.59 Å². The van der Waals surface area contributed by atoms with Crippen LogP contribution in [0.15, 0.2) is 78.5 Å². The monoisotopic (exact) mass is 460 g/mol. The normalized spacial score (nSPS) is 13.8. The highest BCUT2D eigenvalue weighted by atomic mass is 35.5. The Morgan fingerprint density at radius 3 is 2.27 bits per heavy atom. The van der Waals surface area contributed by atoms with Crippen molar-refractivity contribution in [2.24, 2.45) is 5.92 Å². The van der Waals surface area contributed by atoms with Gasteiger partial charge in [-0.1, -0.05) is 55.8 Å². The first-order valence-corrected chi connectivity index (χ1v) is 11.2. The van der Waals surface area contributed by atoms with Crippen molar-refractivity contribution in [3.8, 4) is 5.75 Å². The zero-order valence-electron chi connectivity index (χ0n) is 18.8. The van der Waals surface area contributed by atoms with Crippen LogP contribution in [0.25, 0.3) is 5.57 Å². The number of nitrogens with one attached hydrogen (secondary N) is 1. The second-order valence-corrected chi connectivity index (χ2v) is 8.78. The van der Waals surface area contributed by atoms with E-state index < -0.39 is 5.91 Å². The molecule has 0 radical (unpaired) electrons. The Bertz CT molecular complexity index is 1220. The minimum absolute atomic E-state index is 0.233. The number of imide groups is 1. The Morgan fingerprint density at radius 2 is 1.64 bits per heavy atom. The Kier molecular flexibility index (Phi) is 6.52. The number of hydrogen-bond donors (Lipinski definition) is 1. The molecule has 33 heavy (non-hydrogen) atoms. The molecule has 6 heteroatoms. The Morgan fingerprint density at radius 1 is 0.939 bits per heavy atom. The summed E-state index contributed by atoms with van der Waals surface area (Å²) >= 11 is 6.09. The quantitative estimate of drug-likeness (QED) is 0.434. The van der Waals surface area contributed by atoms with Gasteiger partial charge in [0, 0.05) is 10.7 Å². The maximum atomic E-state index is 13.5. The number of benzene rings is 3. The summed E-state index contributed by atoms with van der Waals surface area (Å²) in [6, 6.07) is 21.6. The number of ether oxygens (including phenoxy) is 1. The van der Waals surface area contributed by atoms with E-state index in [1.807, 2.05) is 43.3 Å². The zero-order valence-corrected chi connectivity index (χ0v) is 19.5. The average Bonchev–Trinajstić information content (AvgIpc) is 3.04. The predicted octanol–water partition coefficient (Wildman–Crippen LogP) is 6.08. The number of rotatable bonds is 7. The zero-order chi connectivity index (χ0) is 23.5. The van der Waals surface area contributed by atoms with E-state index in [9.17, 15) is 9.59 Å². The number of amides is 2. The van der Waals surface area contributed by atoms with Gasteiger partial charge in [-0.3, -0.25) is 9.59 Å². The highest BCUT2D eigenvalue weighted by molar-refractivity contribution is 6.46. The molecule has 1 heterocycles. The highest BCUT2D eigenvalue weighted by Crippen LogP contribution is 2.35. The van der Waals surface area contributed by atoms with Crippen LogP contribution in [0, 0.1) is 12.8 Å². The summed E-state index contributed by atoms with van der Waals surface area (Å²) in [4.78, 5) is 28.2. The fourth-order valence-electron chi connectivity index (χ4n) is 3.61.